The Hall–Kier alpha value is -3.22. The zero-order valence-electron chi connectivity index (χ0n) is 18.9. The van der Waals surface area contributed by atoms with E-state index in [1.165, 1.54) is 16.7 Å². The van der Waals surface area contributed by atoms with Crippen LogP contribution in [-0.4, -0.2) is 55.1 Å². The largest absolute Gasteiger partial charge is 0.353 e. The third kappa shape index (κ3) is 5.24. The highest BCUT2D eigenvalue weighted by molar-refractivity contribution is 5.92. The summed E-state index contributed by atoms with van der Waals surface area (Å²) in [6, 6.07) is 25.1. The highest BCUT2D eigenvalue weighted by atomic mass is 16.1. The molecule has 2 aromatic carbocycles. The van der Waals surface area contributed by atoms with Crippen LogP contribution < -0.4 is 15.5 Å². The van der Waals surface area contributed by atoms with Crippen LogP contribution in [0.1, 0.15) is 33.2 Å². The molecule has 0 saturated carbocycles. The first kappa shape index (κ1) is 21.6. The standard InChI is InChI=1S/C27H31N5O/c33-27(29-14-17-31-16-13-21-7-4-5-10-23(21)19-31)24-11-6-12-26(30-24)32-18-15-28-25(20-32)22-8-2-1-3-9-22/h1-12,25,28H,13-20H2,(H,29,33)/t25-/m0/s1. The van der Waals surface area contributed by atoms with Gasteiger partial charge in [0.1, 0.15) is 11.5 Å². The lowest BCUT2D eigenvalue weighted by atomic mass is 10.00. The van der Waals surface area contributed by atoms with Crippen LogP contribution in [0.25, 0.3) is 0 Å². The number of amides is 1. The van der Waals surface area contributed by atoms with E-state index >= 15 is 0 Å². The summed E-state index contributed by atoms with van der Waals surface area (Å²) in [5.74, 6) is 0.752. The van der Waals surface area contributed by atoms with Crippen molar-refractivity contribution in [3.63, 3.8) is 0 Å². The fraction of sp³-hybridized carbons (Fsp3) is 0.333. The minimum atomic E-state index is -0.107. The molecule has 1 aromatic heterocycles. The summed E-state index contributed by atoms with van der Waals surface area (Å²) < 4.78 is 0. The van der Waals surface area contributed by atoms with Gasteiger partial charge in [-0.15, -0.1) is 0 Å². The monoisotopic (exact) mass is 441 g/mol. The van der Waals surface area contributed by atoms with Gasteiger partial charge in [-0.05, 0) is 35.2 Å². The van der Waals surface area contributed by atoms with Crippen molar-refractivity contribution < 1.29 is 4.79 Å². The second-order valence-corrected chi connectivity index (χ2v) is 8.80. The van der Waals surface area contributed by atoms with Crippen molar-refractivity contribution in [2.75, 3.05) is 44.2 Å². The first-order valence-corrected chi connectivity index (χ1v) is 11.8. The molecule has 0 unspecified atom stereocenters. The van der Waals surface area contributed by atoms with E-state index in [2.05, 4.69) is 69.0 Å². The van der Waals surface area contributed by atoms with Crippen molar-refractivity contribution in [2.24, 2.45) is 0 Å². The molecule has 1 saturated heterocycles. The van der Waals surface area contributed by atoms with E-state index in [9.17, 15) is 4.79 Å². The van der Waals surface area contributed by atoms with Crippen LogP contribution in [0, 0.1) is 0 Å². The van der Waals surface area contributed by atoms with E-state index in [0.29, 0.717) is 12.2 Å². The molecule has 5 rings (SSSR count). The molecule has 2 aliphatic heterocycles. The van der Waals surface area contributed by atoms with Gasteiger partial charge in [0.15, 0.2) is 0 Å². The predicted molar refractivity (Wildman–Crippen MR) is 131 cm³/mol. The maximum Gasteiger partial charge on any atom is 0.270 e. The lowest BCUT2D eigenvalue weighted by Gasteiger charge is -2.35. The van der Waals surface area contributed by atoms with Gasteiger partial charge in [-0.1, -0.05) is 60.7 Å². The molecule has 1 atom stereocenters. The smallest absolute Gasteiger partial charge is 0.270 e. The summed E-state index contributed by atoms with van der Waals surface area (Å²) in [4.78, 5) is 22.1. The fourth-order valence-corrected chi connectivity index (χ4v) is 4.76. The number of rotatable bonds is 6. The molecular weight excluding hydrogens is 410 g/mol. The number of carbonyl (C=O) groups is 1. The zero-order valence-corrected chi connectivity index (χ0v) is 18.9. The minimum absolute atomic E-state index is 0.107. The van der Waals surface area contributed by atoms with Crippen molar-refractivity contribution >= 4 is 11.7 Å². The molecule has 6 heteroatoms. The average molecular weight is 442 g/mol. The average Bonchev–Trinajstić information content (AvgIpc) is 2.89. The number of nitrogens with one attached hydrogen (secondary N) is 2. The number of piperazine rings is 1. The zero-order chi connectivity index (χ0) is 22.5. The van der Waals surface area contributed by atoms with E-state index in [1.807, 2.05) is 18.2 Å². The molecule has 0 bridgehead atoms. The quantitative estimate of drug-likeness (QED) is 0.616. The first-order valence-electron chi connectivity index (χ1n) is 11.8. The van der Waals surface area contributed by atoms with Crippen LogP contribution in [0.5, 0.6) is 0 Å². The number of anilines is 1. The summed E-state index contributed by atoms with van der Waals surface area (Å²) in [6.45, 7) is 6.04. The molecule has 170 valence electrons. The summed E-state index contributed by atoms with van der Waals surface area (Å²) >= 11 is 0. The Morgan fingerprint density at radius 3 is 2.67 bits per heavy atom. The highest BCUT2D eigenvalue weighted by Gasteiger charge is 2.22. The molecule has 0 radical (unpaired) electrons. The van der Waals surface area contributed by atoms with Gasteiger partial charge in [0.25, 0.3) is 5.91 Å². The summed E-state index contributed by atoms with van der Waals surface area (Å²) in [5.41, 5.74) is 4.60. The molecule has 6 nitrogen and oxygen atoms in total. The van der Waals surface area contributed by atoms with Crippen molar-refractivity contribution in [3.05, 3.63) is 95.2 Å². The van der Waals surface area contributed by atoms with Crippen LogP contribution in [0.4, 0.5) is 5.82 Å². The van der Waals surface area contributed by atoms with Crippen LogP contribution in [0.15, 0.2) is 72.8 Å². The number of hydrogen-bond acceptors (Lipinski definition) is 5. The number of fused-ring (bicyclic) bond motifs is 1. The fourth-order valence-electron chi connectivity index (χ4n) is 4.76. The Kier molecular flexibility index (Phi) is 6.65. The number of aromatic nitrogens is 1. The predicted octanol–water partition coefficient (Wildman–Crippen LogP) is 3.02. The maximum atomic E-state index is 12.8. The van der Waals surface area contributed by atoms with E-state index in [4.69, 9.17) is 4.98 Å². The van der Waals surface area contributed by atoms with Crippen LogP contribution >= 0.6 is 0 Å². The van der Waals surface area contributed by atoms with E-state index in [-0.39, 0.29) is 11.9 Å². The van der Waals surface area contributed by atoms with Crippen molar-refractivity contribution in [2.45, 2.75) is 19.0 Å². The topological polar surface area (TPSA) is 60.5 Å². The van der Waals surface area contributed by atoms with Crippen molar-refractivity contribution in [1.29, 1.82) is 0 Å². The number of nitrogens with zero attached hydrogens (tertiary/aromatic N) is 3. The number of carbonyl (C=O) groups excluding carboxylic acids is 1. The van der Waals surface area contributed by atoms with Gasteiger partial charge < -0.3 is 15.5 Å². The SMILES string of the molecule is O=C(NCCN1CCc2ccccc2C1)c1cccc(N2CCN[C@H](c3ccccc3)C2)n1. The van der Waals surface area contributed by atoms with Gasteiger partial charge in [0, 0.05) is 51.9 Å². The number of hydrogen-bond donors (Lipinski definition) is 2. The molecule has 33 heavy (non-hydrogen) atoms. The number of benzene rings is 2. The van der Waals surface area contributed by atoms with Gasteiger partial charge in [-0.2, -0.15) is 0 Å². The summed E-state index contributed by atoms with van der Waals surface area (Å²) in [7, 11) is 0. The Balaban J connectivity index is 1.16. The van der Waals surface area contributed by atoms with Gasteiger partial charge in [-0.3, -0.25) is 9.69 Å². The molecule has 0 aliphatic carbocycles. The van der Waals surface area contributed by atoms with Gasteiger partial charge in [-0.25, -0.2) is 4.98 Å². The first-order chi connectivity index (χ1) is 16.3. The molecule has 2 N–H and O–H groups in total. The van der Waals surface area contributed by atoms with Crippen molar-refractivity contribution in [3.8, 4) is 0 Å². The van der Waals surface area contributed by atoms with Crippen LogP contribution in [0.3, 0.4) is 0 Å². The highest BCUT2D eigenvalue weighted by Crippen LogP contribution is 2.21. The van der Waals surface area contributed by atoms with E-state index in [1.54, 1.807) is 6.07 Å². The van der Waals surface area contributed by atoms with Gasteiger partial charge in [0.2, 0.25) is 0 Å². The Labute approximate surface area is 195 Å². The van der Waals surface area contributed by atoms with Gasteiger partial charge >= 0.3 is 0 Å². The van der Waals surface area contributed by atoms with E-state index in [0.717, 1.165) is 51.5 Å². The third-order valence-corrected chi connectivity index (χ3v) is 6.59. The molecule has 1 amide bonds. The third-order valence-electron chi connectivity index (χ3n) is 6.59. The van der Waals surface area contributed by atoms with E-state index < -0.39 is 0 Å². The second-order valence-electron chi connectivity index (χ2n) is 8.80. The Morgan fingerprint density at radius 2 is 1.79 bits per heavy atom. The van der Waals surface area contributed by atoms with Gasteiger partial charge in [0.05, 0.1) is 0 Å². The molecule has 2 aliphatic rings. The number of pyridine rings is 1. The minimum Gasteiger partial charge on any atom is -0.353 e. The van der Waals surface area contributed by atoms with Crippen LogP contribution in [-0.2, 0) is 13.0 Å². The lowest BCUT2D eigenvalue weighted by molar-refractivity contribution is 0.0942. The molecular formula is C27H31N5O. The second kappa shape index (κ2) is 10.1. The molecule has 1 fully saturated rings. The maximum absolute atomic E-state index is 12.8. The van der Waals surface area contributed by atoms with Crippen LogP contribution in [0.2, 0.25) is 0 Å². The Bertz CT molecular complexity index is 1090. The Morgan fingerprint density at radius 1 is 0.970 bits per heavy atom. The van der Waals surface area contributed by atoms with Crippen molar-refractivity contribution in [1.82, 2.24) is 20.5 Å². The molecule has 3 heterocycles. The summed E-state index contributed by atoms with van der Waals surface area (Å²) in [6.07, 6.45) is 1.07. The molecule has 0 spiro atoms. The molecule has 3 aromatic rings. The normalized spacial score (nSPS) is 18.5. The lowest BCUT2D eigenvalue weighted by Crippen LogP contribution is -2.46. The summed E-state index contributed by atoms with van der Waals surface area (Å²) in [5, 5.41) is 6.65.